The SMILES string of the molecule is CC[C@H]1CN(C(=O)CCC(F)(F)F)C[C@H]1Nc1c(CC#N)cnc2c1ccn2S(=O)(=O)c1ccccc1. The molecule has 0 saturated carbocycles. The number of benzene rings is 1. The predicted molar refractivity (Wildman–Crippen MR) is 131 cm³/mol. The summed E-state index contributed by atoms with van der Waals surface area (Å²) in [6.07, 6.45) is -2.64. The minimum absolute atomic E-state index is 0.0135. The molecule has 1 aliphatic rings. The molecule has 1 fully saturated rings. The third-order valence-corrected chi connectivity index (χ3v) is 8.28. The van der Waals surface area contributed by atoms with Gasteiger partial charge in [-0.05, 0) is 30.5 Å². The number of aromatic nitrogens is 2. The number of nitriles is 1. The first-order valence-corrected chi connectivity index (χ1v) is 13.3. The Morgan fingerprint density at radius 3 is 2.59 bits per heavy atom. The van der Waals surface area contributed by atoms with Crippen LogP contribution >= 0.6 is 0 Å². The van der Waals surface area contributed by atoms with Crippen molar-refractivity contribution in [3.05, 3.63) is 54.4 Å². The van der Waals surface area contributed by atoms with Gasteiger partial charge in [-0.2, -0.15) is 18.4 Å². The molecule has 196 valence electrons. The Labute approximate surface area is 212 Å². The first kappa shape index (κ1) is 26.5. The van der Waals surface area contributed by atoms with E-state index in [-0.39, 0.29) is 35.5 Å². The lowest BCUT2D eigenvalue weighted by Crippen LogP contribution is -2.32. The Kier molecular flexibility index (Phi) is 7.45. The van der Waals surface area contributed by atoms with Gasteiger partial charge in [0.05, 0.1) is 29.5 Å². The van der Waals surface area contributed by atoms with Crippen molar-refractivity contribution >= 4 is 32.7 Å². The molecule has 0 spiro atoms. The molecule has 0 bridgehead atoms. The van der Waals surface area contributed by atoms with Crippen molar-refractivity contribution in [2.75, 3.05) is 18.4 Å². The predicted octanol–water partition coefficient (Wildman–Crippen LogP) is 4.33. The summed E-state index contributed by atoms with van der Waals surface area (Å²) >= 11 is 0. The first-order chi connectivity index (χ1) is 17.5. The van der Waals surface area contributed by atoms with Gasteiger partial charge in [-0.3, -0.25) is 4.79 Å². The van der Waals surface area contributed by atoms with Gasteiger partial charge in [-0.25, -0.2) is 17.4 Å². The molecule has 2 aromatic heterocycles. The van der Waals surface area contributed by atoms with Crippen LogP contribution in [0.2, 0.25) is 0 Å². The summed E-state index contributed by atoms with van der Waals surface area (Å²) in [6, 6.07) is 11.3. The van der Waals surface area contributed by atoms with Gasteiger partial charge in [-0.1, -0.05) is 25.1 Å². The minimum atomic E-state index is -4.40. The normalized spacial score (nSPS) is 18.2. The van der Waals surface area contributed by atoms with Gasteiger partial charge in [0.1, 0.15) is 0 Å². The quantitative estimate of drug-likeness (QED) is 0.462. The van der Waals surface area contributed by atoms with Gasteiger partial charge >= 0.3 is 6.18 Å². The monoisotopic (exact) mass is 533 g/mol. The average Bonchev–Trinajstić information content (AvgIpc) is 3.49. The zero-order valence-corrected chi connectivity index (χ0v) is 20.9. The molecule has 1 N–H and O–H groups in total. The lowest BCUT2D eigenvalue weighted by Gasteiger charge is -2.22. The molecule has 0 aliphatic carbocycles. The van der Waals surface area contributed by atoms with Crippen LogP contribution in [0.3, 0.4) is 0 Å². The molecule has 3 heterocycles. The van der Waals surface area contributed by atoms with E-state index in [1.807, 2.05) is 6.92 Å². The van der Waals surface area contributed by atoms with Crippen molar-refractivity contribution in [1.82, 2.24) is 13.9 Å². The molecule has 1 saturated heterocycles. The smallest absolute Gasteiger partial charge is 0.379 e. The zero-order valence-electron chi connectivity index (χ0n) is 20.1. The lowest BCUT2D eigenvalue weighted by molar-refractivity contribution is -0.148. The van der Waals surface area contributed by atoms with Crippen LogP contribution in [-0.4, -0.2) is 53.5 Å². The molecule has 0 radical (unpaired) electrons. The number of amides is 1. The van der Waals surface area contributed by atoms with Crippen LogP contribution in [0.5, 0.6) is 0 Å². The van der Waals surface area contributed by atoms with Crippen LogP contribution in [-0.2, 0) is 21.2 Å². The fraction of sp³-hybridized carbons (Fsp3) is 0.400. The third kappa shape index (κ3) is 5.56. The Hall–Kier alpha value is -3.59. The maximum Gasteiger partial charge on any atom is 0.389 e. The molecule has 37 heavy (non-hydrogen) atoms. The van der Waals surface area contributed by atoms with E-state index >= 15 is 0 Å². The average molecular weight is 534 g/mol. The summed E-state index contributed by atoms with van der Waals surface area (Å²) in [4.78, 5) is 18.3. The highest BCUT2D eigenvalue weighted by Crippen LogP contribution is 2.33. The second kappa shape index (κ2) is 10.4. The number of carbonyl (C=O) groups excluding carboxylic acids is 1. The highest BCUT2D eigenvalue weighted by atomic mass is 32.2. The summed E-state index contributed by atoms with van der Waals surface area (Å²) in [5, 5.41) is 13.2. The number of hydrogen-bond donors (Lipinski definition) is 1. The zero-order chi connectivity index (χ0) is 26.8. The van der Waals surface area contributed by atoms with Crippen LogP contribution in [0.25, 0.3) is 11.0 Å². The van der Waals surface area contributed by atoms with Gasteiger partial charge in [0.15, 0.2) is 5.65 Å². The van der Waals surface area contributed by atoms with E-state index in [2.05, 4.69) is 16.4 Å². The van der Waals surface area contributed by atoms with E-state index in [1.54, 1.807) is 24.3 Å². The standard InChI is InChI=1S/C25H26F3N5O3S/c1-2-17-15-32(22(34)8-11-25(26,27)28)16-21(17)31-23-18(9-12-29)14-30-24-20(23)10-13-33(24)37(35,36)19-6-4-3-5-7-19/h3-7,10,13-14,17,21H,2,8-9,11,15-16H2,1H3,(H,30,31)/t17-,21+/m0/s1. The number of nitrogens with zero attached hydrogens (tertiary/aromatic N) is 4. The summed E-state index contributed by atoms with van der Waals surface area (Å²) in [7, 11) is -3.93. The van der Waals surface area contributed by atoms with Crippen LogP contribution < -0.4 is 5.32 Å². The van der Waals surface area contributed by atoms with Gasteiger partial charge in [0.25, 0.3) is 10.0 Å². The van der Waals surface area contributed by atoms with Crippen molar-refractivity contribution in [1.29, 1.82) is 5.26 Å². The molecular formula is C25H26F3N5O3S. The number of likely N-dealkylation sites (tertiary alicyclic amines) is 1. The molecule has 2 atom stereocenters. The summed E-state index contributed by atoms with van der Waals surface area (Å²) in [6.45, 7) is 2.45. The fourth-order valence-corrected chi connectivity index (χ4v) is 5.96. The maximum absolute atomic E-state index is 13.2. The fourth-order valence-electron chi connectivity index (χ4n) is 4.64. The van der Waals surface area contributed by atoms with Gasteiger partial charge < -0.3 is 10.2 Å². The molecule has 1 aliphatic heterocycles. The summed E-state index contributed by atoms with van der Waals surface area (Å²) in [5.74, 6) is -0.597. The molecule has 4 rings (SSSR count). The number of nitrogens with one attached hydrogen (secondary N) is 1. The van der Waals surface area contributed by atoms with E-state index in [1.165, 1.54) is 29.4 Å². The highest BCUT2D eigenvalue weighted by molar-refractivity contribution is 7.90. The van der Waals surface area contributed by atoms with Crippen molar-refractivity contribution in [2.45, 2.75) is 49.7 Å². The number of hydrogen-bond acceptors (Lipinski definition) is 6. The number of anilines is 1. The number of fused-ring (bicyclic) bond motifs is 1. The van der Waals surface area contributed by atoms with Gasteiger partial charge in [0, 0.05) is 48.9 Å². The van der Waals surface area contributed by atoms with E-state index in [4.69, 9.17) is 0 Å². The Balaban J connectivity index is 1.67. The number of rotatable bonds is 8. The molecule has 1 aromatic carbocycles. The molecule has 8 nitrogen and oxygen atoms in total. The molecule has 0 unspecified atom stereocenters. The Morgan fingerprint density at radius 1 is 1.22 bits per heavy atom. The van der Waals surface area contributed by atoms with E-state index < -0.39 is 34.9 Å². The van der Waals surface area contributed by atoms with E-state index in [0.717, 1.165) is 3.97 Å². The van der Waals surface area contributed by atoms with Gasteiger partial charge in [-0.15, -0.1) is 0 Å². The minimum Gasteiger partial charge on any atom is -0.379 e. The summed E-state index contributed by atoms with van der Waals surface area (Å²) < 4.78 is 65.4. The number of carbonyl (C=O) groups is 1. The molecule has 1 amide bonds. The number of pyridine rings is 1. The molecular weight excluding hydrogens is 507 g/mol. The van der Waals surface area contributed by atoms with Crippen molar-refractivity contribution in [3.8, 4) is 6.07 Å². The highest BCUT2D eigenvalue weighted by Gasteiger charge is 2.36. The Bertz CT molecular complexity index is 1430. The second-order valence-corrected chi connectivity index (χ2v) is 10.8. The lowest BCUT2D eigenvalue weighted by atomic mass is 9.99. The molecule has 12 heteroatoms. The van der Waals surface area contributed by atoms with Crippen LogP contribution in [0, 0.1) is 17.2 Å². The van der Waals surface area contributed by atoms with Crippen molar-refractivity contribution < 1.29 is 26.4 Å². The maximum atomic E-state index is 13.2. The third-order valence-electron chi connectivity index (χ3n) is 6.60. The van der Waals surface area contributed by atoms with E-state index in [9.17, 15) is 31.6 Å². The molecule has 3 aromatic rings. The van der Waals surface area contributed by atoms with Crippen LogP contribution in [0.4, 0.5) is 18.9 Å². The number of halogens is 3. The van der Waals surface area contributed by atoms with Gasteiger partial charge in [0.2, 0.25) is 5.91 Å². The van der Waals surface area contributed by atoms with Crippen molar-refractivity contribution in [2.24, 2.45) is 5.92 Å². The van der Waals surface area contributed by atoms with E-state index in [0.29, 0.717) is 29.6 Å². The second-order valence-electron chi connectivity index (χ2n) is 8.99. The van der Waals surface area contributed by atoms with Crippen LogP contribution in [0.15, 0.2) is 53.7 Å². The Morgan fingerprint density at radius 2 is 1.95 bits per heavy atom. The first-order valence-electron chi connectivity index (χ1n) is 11.8. The van der Waals surface area contributed by atoms with Crippen LogP contribution in [0.1, 0.15) is 31.7 Å². The topological polar surface area (TPSA) is 108 Å². The van der Waals surface area contributed by atoms with Crippen molar-refractivity contribution in [3.63, 3.8) is 0 Å². The number of alkyl halides is 3. The summed E-state index contributed by atoms with van der Waals surface area (Å²) in [5.41, 5.74) is 1.26. The largest absolute Gasteiger partial charge is 0.389 e.